The van der Waals surface area contributed by atoms with Crippen molar-refractivity contribution in [3.63, 3.8) is 0 Å². The van der Waals surface area contributed by atoms with Crippen LogP contribution in [0.2, 0.25) is 0 Å². The highest BCUT2D eigenvalue weighted by Gasteiger charge is 2.43. The summed E-state index contributed by atoms with van der Waals surface area (Å²) in [5.74, 6) is 0.533. The second-order valence-corrected chi connectivity index (χ2v) is 10.2. The summed E-state index contributed by atoms with van der Waals surface area (Å²) < 4.78 is 12.1. The number of aromatic nitrogens is 1. The van der Waals surface area contributed by atoms with Crippen LogP contribution >= 0.6 is 15.9 Å². The highest BCUT2D eigenvalue weighted by molar-refractivity contribution is 9.10. The van der Waals surface area contributed by atoms with Crippen molar-refractivity contribution in [3.8, 4) is 11.5 Å². The van der Waals surface area contributed by atoms with Gasteiger partial charge in [-0.3, -0.25) is 9.59 Å². The summed E-state index contributed by atoms with van der Waals surface area (Å²) in [6, 6.07) is 9.05. The van der Waals surface area contributed by atoms with Crippen LogP contribution in [0.4, 0.5) is 5.82 Å². The second kappa shape index (κ2) is 9.25. The van der Waals surface area contributed by atoms with Crippen LogP contribution in [0.3, 0.4) is 0 Å². The SMILES string of the molecule is COc1cccc([C@H]2C(C(=O)Nc3ccc(Br)cn3)=C(C)NC3=C2C(=O)CC(C)(C)C3)c1OC. The molecule has 178 valence electrons. The number of pyridine rings is 1. The number of Topliss-reactive ketones (excluding diaryl/α,β-unsaturated/α-hetero) is 1. The van der Waals surface area contributed by atoms with Crippen LogP contribution in [0.5, 0.6) is 11.5 Å². The molecule has 34 heavy (non-hydrogen) atoms. The molecule has 1 aliphatic heterocycles. The van der Waals surface area contributed by atoms with E-state index < -0.39 is 5.92 Å². The molecule has 1 aromatic carbocycles. The van der Waals surface area contributed by atoms with E-state index in [0.717, 1.165) is 10.2 Å². The van der Waals surface area contributed by atoms with Gasteiger partial charge in [-0.1, -0.05) is 26.0 Å². The summed E-state index contributed by atoms with van der Waals surface area (Å²) in [4.78, 5) is 31.4. The number of nitrogens with zero attached hydrogens (tertiary/aromatic N) is 1. The van der Waals surface area contributed by atoms with Crippen molar-refractivity contribution in [2.75, 3.05) is 19.5 Å². The molecule has 0 saturated carbocycles. The van der Waals surface area contributed by atoms with Crippen molar-refractivity contribution < 1.29 is 19.1 Å². The number of amides is 1. The van der Waals surface area contributed by atoms with Crippen LogP contribution in [0.1, 0.15) is 45.1 Å². The molecule has 0 radical (unpaired) electrons. The highest BCUT2D eigenvalue weighted by atomic mass is 79.9. The Bertz CT molecular complexity index is 1220. The summed E-state index contributed by atoms with van der Waals surface area (Å²) in [6.45, 7) is 6.02. The summed E-state index contributed by atoms with van der Waals surface area (Å²) >= 11 is 3.36. The van der Waals surface area contributed by atoms with E-state index in [1.54, 1.807) is 38.6 Å². The number of nitrogens with one attached hydrogen (secondary N) is 2. The summed E-state index contributed by atoms with van der Waals surface area (Å²) in [5.41, 5.74) is 3.12. The van der Waals surface area contributed by atoms with Crippen LogP contribution in [0, 0.1) is 5.41 Å². The monoisotopic (exact) mass is 525 g/mol. The molecule has 8 heteroatoms. The van der Waals surface area contributed by atoms with Crippen molar-refractivity contribution in [1.29, 1.82) is 0 Å². The largest absolute Gasteiger partial charge is 0.493 e. The third-order valence-corrected chi connectivity index (χ3v) is 6.67. The summed E-state index contributed by atoms with van der Waals surface area (Å²) in [6.07, 6.45) is 2.72. The van der Waals surface area contributed by atoms with E-state index in [1.165, 1.54) is 0 Å². The van der Waals surface area contributed by atoms with E-state index in [0.29, 0.717) is 52.6 Å². The molecule has 1 aliphatic carbocycles. The molecule has 0 bridgehead atoms. The Kier molecular flexibility index (Phi) is 6.53. The van der Waals surface area contributed by atoms with Crippen molar-refractivity contribution >= 4 is 33.4 Å². The number of carbonyl (C=O) groups excluding carboxylic acids is 2. The summed E-state index contributed by atoms with van der Waals surface area (Å²) in [7, 11) is 3.13. The number of ether oxygens (including phenoxy) is 2. The maximum absolute atomic E-state index is 13.6. The standard InChI is InChI=1S/C26H28BrN3O4/c1-14-21(25(32)30-20-10-9-15(27)13-28-20)22(16-7-6-8-19(33-4)24(16)34-5)23-17(29-14)11-26(2,3)12-18(23)31/h6-10,13,22,29H,11-12H2,1-5H3,(H,28,30,32)/t22-/m0/s1. The zero-order valence-electron chi connectivity index (χ0n) is 19.9. The topological polar surface area (TPSA) is 89.5 Å². The Morgan fingerprint density at radius 1 is 1.18 bits per heavy atom. The van der Waals surface area contributed by atoms with Crippen molar-refractivity contribution in [1.82, 2.24) is 10.3 Å². The first-order valence-corrected chi connectivity index (χ1v) is 11.8. The number of benzene rings is 1. The Labute approximate surface area is 207 Å². The lowest BCUT2D eigenvalue weighted by Gasteiger charge is -2.40. The number of halogens is 1. The minimum absolute atomic E-state index is 0.0215. The number of anilines is 1. The summed E-state index contributed by atoms with van der Waals surface area (Å²) in [5, 5.41) is 6.26. The maximum atomic E-state index is 13.6. The first kappa shape index (κ1) is 24.0. The van der Waals surface area contributed by atoms with Gasteiger partial charge in [-0.25, -0.2) is 4.98 Å². The number of rotatable bonds is 5. The van der Waals surface area contributed by atoms with E-state index in [-0.39, 0.29) is 17.1 Å². The van der Waals surface area contributed by atoms with Crippen LogP contribution < -0.4 is 20.1 Å². The van der Waals surface area contributed by atoms with Crippen molar-refractivity contribution in [2.24, 2.45) is 5.41 Å². The number of hydrogen-bond donors (Lipinski definition) is 2. The van der Waals surface area contributed by atoms with Gasteiger partial charge in [0.2, 0.25) is 0 Å². The molecule has 0 unspecified atom stereocenters. The van der Waals surface area contributed by atoms with Crippen LogP contribution in [0.25, 0.3) is 0 Å². The molecule has 0 saturated heterocycles. The number of dihydropyridines is 1. The molecule has 2 heterocycles. The zero-order chi connectivity index (χ0) is 24.6. The van der Waals surface area contributed by atoms with Crippen molar-refractivity contribution in [3.05, 3.63) is 69.1 Å². The molecule has 1 amide bonds. The van der Waals surface area contributed by atoms with Gasteiger partial charge in [0.1, 0.15) is 5.82 Å². The van der Waals surface area contributed by atoms with E-state index in [9.17, 15) is 9.59 Å². The van der Waals surface area contributed by atoms with Gasteiger partial charge >= 0.3 is 0 Å². The average molecular weight is 526 g/mol. The fourth-order valence-corrected chi connectivity index (χ4v) is 5.06. The van der Waals surface area contributed by atoms with E-state index >= 15 is 0 Å². The Hall–Kier alpha value is -3.13. The fourth-order valence-electron chi connectivity index (χ4n) is 4.82. The van der Waals surface area contributed by atoms with E-state index in [1.807, 2.05) is 19.1 Å². The lowest BCUT2D eigenvalue weighted by molar-refractivity contribution is -0.118. The number of carbonyl (C=O) groups is 2. The Balaban J connectivity index is 1.87. The fraction of sp³-hybridized carbons (Fsp3) is 0.346. The van der Waals surface area contributed by atoms with Gasteiger partial charge in [0.05, 0.1) is 20.1 Å². The van der Waals surface area contributed by atoms with Gasteiger partial charge in [-0.15, -0.1) is 0 Å². The number of hydrogen-bond acceptors (Lipinski definition) is 6. The number of allylic oxidation sites excluding steroid dienone is 3. The minimum Gasteiger partial charge on any atom is -0.493 e. The maximum Gasteiger partial charge on any atom is 0.255 e. The highest BCUT2D eigenvalue weighted by Crippen LogP contribution is 2.50. The van der Waals surface area contributed by atoms with Gasteiger partial charge in [-0.05, 0) is 52.9 Å². The number of ketones is 1. The van der Waals surface area contributed by atoms with Crippen LogP contribution in [-0.2, 0) is 9.59 Å². The van der Waals surface area contributed by atoms with Crippen molar-refractivity contribution in [2.45, 2.75) is 39.5 Å². The van der Waals surface area contributed by atoms with E-state index in [2.05, 4.69) is 45.4 Å². The molecule has 1 aromatic heterocycles. The third-order valence-electron chi connectivity index (χ3n) is 6.20. The number of para-hydroxylation sites is 1. The molecule has 0 spiro atoms. The smallest absolute Gasteiger partial charge is 0.255 e. The lowest BCUT2D eigenvalue weighted by Crippen LogP contribution is -2.39. The lowest BCUT2D eigenvalue weighted by atomic mass is 9.68. The average Bonchev–Trinajstić information content (AvgIpc) is 2.78. The predicted octanol–water partition coefficient (Wildman–Crippen LogP) is 5.10. The van der Waals surface area contributed by atoms with Crippen LogP contribution in [-0.4, -0.2) is 30.9 Å². The first-order chi connectivity index (χ1) is 16.1. The predicted molar refractivity (Wildman–Crippen MR) is 134 cm³/mol. The van der Waals surface area contributed by atoms with Gasteiger partial charge in [0.25, 0.3) is 5.91 Å². The quantitative estimate of drug-likeness (QED) is 0.564. The Morgan fingerprint density at radius 2 is 1.94 bits per heavy atom. The molecule has 7 nitrogen and oxygen atoms in total. The molecule has 1 atom stereocenters. The van der Waals surface area contributed by atoms with Gasteiger partial charge in [-0.2, -0.15) is 0 Å². The molecule has 2 N–H and O–H groups in total. The molecular weight excluding hydrogens is 498 g/mol. The van der Waals surface area contributed by atoms with E-state index in [4.69, 9.17) is 9.47 Å². The van der Waals surface area contributed by atoms with Gasteiger partial charge in [0.15, 0.2) is 17.3 Å². The van der Waals surface area contributed by atoms with Crippen LogP contribution in [0.15, 0.2) is 63.5 Å². The number of methoxy groups -OCH3 is 2. The molecule has 0 fully saturated rings. The first-order valence-electron chi connectivity index (χ1n) is 11.0. The normalized spacial score (nSPS) is 19.4. The van der Waals surface area contributed by atoms with Gasteiger partial charge in [0, 0.05) is 45.2 Å². The molecular formula is C26H28BrN3O4. The Morgan fingerprint density at radius 3 is 2.59 bits per heavy atom. The molecule has 2 aliphatic rings. The molecule has 2 aromatic rings. The minimum atomic E-state index is -0.611. The zero-order valence-corrected chi connectivity index (χ0v) is 21.5. The second-order valence-electron chi connectivity index (χ2n) is 9.33. The third kappa shape index (κ3) is 4.46. The van der Waals surface area contributed by atoms with Gasteiger partial charge < -0.3 is 20.1 Å². The molecule has 4 rings (SSSR count).